The third kappa shape index (κ3) is 3.75. The number of carbonyl (C=O) groups is 2. The van der Waals surface area contributed by atoms with E-state index in [1.54, 1.807) is 20.8 Å². The molecular formula is C16H23N5O2S. The van der Waals surface area contributed by atoms with Gasteiger partial charge in [0.1, 0.15) is 5.01 Å². The Morgan fingerprint density at radius 2 is 2.29 bits per heavy atom. The lowest BCUT2D eigenvalue weighted by atomic mass is 10.1. The highest BCUT2D eigenvalue weighted by molar-refractivity contribution is 7.16. The summed E-state index contributed by atoms with van der Waals surface area (Å²) < 4.78 is 1.77. The SMILES string of the molecule is Cc1nn2cc(CCNC(=O)[C@H]3CC(=O)N(CC(C)C)C3)nc2s1. The van der Waals surface area contributed by atoms with Crippen LogP contribution in [-0.2, 0) is 16.0 Å². The molecule has 8 heteroatoms. The number of rotatable bonds is 6. The molecule has 0 saturated carbocycles. The molecule has 0 aromatic carbocycles. The average Bonchev–Trinajstić information content (AvgIpc) is 3.12. The number of fused-ring (bicyclic) bond motifs is 1. The van der Waals surface area contributed by atoms with Crippen LogP contribution in [0.2, 0.25) is 0 Å². The van der Waals surface area contributed by atoms with Crippen molar-refractivity contribution in [2.45, 2.75) is 33.6 Å². The largest absolute Gasteiger partial charge is 0.355 e. The third-order valence-electron chi connectivity index (χ3n) is 4.05. The number of nitrogens with one attached hydrogen (secondary N) is 1. The predicted octanol–water partition coefficient (Wildman–Crippen LogP) is 1.26. The fourth-order valence-electron chi connectivity index (χ4n) is 2.99. The zero-order chi connectivity index (χ0) is 17.3. The molecule has 0 radical (unpaired) electrons. The van der Waals surface area contributed by atoms with Gasteiger partial charge < -0.3 is 10.2 Å². The monoisotopic (exact) mass is 349 g/mol. The maximum atomic E-state index is 12.3. The second-order valence-electron chi connectivity index (χ2n) is 6.72. The highest BCUT2D eigenvalue weighted by atomic mass is 32.1. The molecule has 1 fully saturated rings. The van der Waals surface area contributed by atoms with E-state index in [4.69, 9.17) is 0 Å². The number of carbonyl (C=O) groups excluding carboxylic acids is 2. The van der Waals surface area contributed by atoms with Crippen molar-refractivity contribution in [3.63, 3.8) is 0 Å². The summed E-state index contributed by atoms with van der Waals surface area (Å²) >= 11 is 1.55. The van der Waals surface area contributed by atoms with Gasteiger partial charge in [0, 0.05) is 32.5 Å². The average molecular weight is 349 g/mol. The first kappa shape index (κ1) is 16.9. The van der Waals surface area contributed by atoms with Crippen LogP contribution in [-0.4, -0.2) is 50.9 Å². The smallest absolute Gasteiger partial charge is 0.225 e. The van der Waals surface area contributed by atoms with Gasteiger partial charge in [-0.05, 0) is 12.8 Å². The Kier molecular flexibility index (Phi) is 4.84. The Hall–Kier alpha value is -1.96. The van der Waals surface area contributed by atoms with Crippen LogP contribution in [0.3, 0.4) is 0 Å². The van der Waals surface area contributed by atoms with Gasteiger partial charge in [-0.2, -0.15) is 5.10 Å². The molecule has 2 amide bonds. The molecule has 1 saturated heterocycles. The Balaban J connectivity index is 1.47. The zero-order valence-electron chi connectivity index (χ0n) is 14.3. The van der Waals surface area contributed by atoms with Crippen molar-refractivity contribution in [2.24, 2.45) is 11.8 Å². The van der Waals surface area contributed by atoms with Gasteiger partial charge in [0.25, 0.3) is 0 Å². The second kappa shape index (κ2) is 6.88. The molecule has 0 bridgehead atoms. The molecular weight excluding hydrogens is 326 g/mol. The molecule has 2 aromatic heterocycles. The highest BCUT2D eigenvalue weighted by Gasteiger charge is 2.34. The van der Waals surface area contributed by atoms with Gasteiger partial charge in [-0.1, -0.05) is 25.2 Å². The quantitative estimate of drug-likeness (QED) is 0.851. The van der Waals surface area contributed by atoms with Gasteiger partial charge in [-0.3, -0.25) is 9.59 Å². The van der Waals surface area contributed by atoms with Crippen LogP contribution in [0.15, 0.2) is 6.20 Å². The van der Waals surface area contributed by atoms with Gasteiger partial charge in [0.2, 0.25) is 16.8 Å². The Morgan fingerprint density at radius 1 is 1.50 bits per heavy atom. The van der Waals surface area contributed by atoms with Crippen LogP contribution >= 0.6 is 11.3 Å². The molecule has 24 heavy (non-hydrogen) atoms. The molecule has 0 unspecified atom stereocenters. The van der Waals surface area contributed by atoms with E-state index >= 15 is 0 Å². The van der Waals surface area contributed by atoms with Crippen LogP contribution in [0, 0.1) is 18.8 Å². The molecule has 1 aliphatic rings. The summed E-state index contributed by atoms with van der Waals surface area (Å²) in [5, 5.41) is 8.23. The van der Waals surface area contributed by atoms with Crippen molar-refractivity contribution in [3.8, 4) is 0 Å². The number of aryl methyl sites for hydroxylation is 1. The standard InChI is InChI=1S/C16H23N5O2S/c1-10(2)7-20-8-12(6-14(20)22)15(23)17-5-4-13-9-21-16(18-13)24-11(3)19-21/h9-10,12H,4-8H2,1-3H3,(H,17,23)/t12-/m0/s1. The summed E-state index contributed by atoms with van der Waals surface area (Å²) in [6.45, 7) is 7.88. The van der Waals surface area contributed by atoms with E-state index in [2.05, 4.69) is 29.2 Å². The van der Waals surface area contributed by atoms with E-state index in [0.29, 0.717) is 31.8 Å². The molecule has 7 nitrogen and oxygen atoms in total. The maximum Gasteiger partial charge on any atom is 0.225 e. The number of likely N-dealkylation sites (tertiary alicyclic amines) is 1. The van der Waals surface area contributed by atoms with E-state index in [-0.39, 0.29) is 17.7 Å². The van der Waals surface area contributed by atoms with Crippen LogP contribution < -0.4 is 5.32 Å². The molecule has 0 spiro atoms. The lowest BCUT2D eigenvalue weighted by Gasteiger charge is -2.18. The molecule has 1 N–H and O–H groups in total. The van der Waals surface area contributed by atoms with E-state index in [1.165, 1.54) is 0 Å². The Morgan fingerprint density at radius 3 is 3.00 bits per heavy atom. The van der Waals surface area contributed by atoms with E-state index in [9.17, 15) is 9.59 Å². The summed E-state index contributed by atoms with van der Waals surface area (Å²) in [7, 11) is 0. The van der Waals surface area contributed by atoms with Crippen molar-refractivity contribution in [1.29, 1.82) is 0 Å². The van der Waals surface area contributed by atoms with Gasteiger partial charge in [-0.25, -0.2) is 9.50 Å². The molecule has 3 heterocycles. The summed E-state index contributed by atoms with van der Waals surface area (Å²) in [4.78, 5) is 31.4. The van der Waals surface area contributed by atoms with Crippen molar-refractivity contribution >= 4 is 28.1 Å². The minimum atomic E-state index is -0.231. The van der Waals surface area contributed by atoms with Crippen molar-refractivity contribution in [3.05, 3.63) is 16.9 Å². The molecule has 1 aliphatic heterocycles. The van der Waals surface area contributed by atoms with Crippen LogP contribution in [0.25, 0.3) is 4.96 Å². The van der Waals surface area contributed by atoms with Crippen LogP contribution in [0.4, 0.5) is 0 Å². The minimum Gasteiger partial charge on any atom is -0.355 e. The summed E-state index contributed by atoms with van der Waals surface area (Å²) in [5.74, 6) is 0.234. The third-order valence-corrected chi connectivity index (χ3v) is 4.88. The first-order chi connectivity index (χ1) is 11.4. The molecule has 0 aliphatic carbocycles. The summed E-state index contributed by atoms with van der Waals surface area (Å²) in [6.07, 6.45) is 2.88. The van der Waals surface area contributed by atoms with Gasteiger partial charge in [-0.15, -0.1) is 0 Å². The fourth-order valence-corrected chi connectivity index (χ4v) is 3.73. The van der Waals surface area contributed by atoms with E-state index in [0.717, 1.165) is 22.2 Å². The van der Waals surface area contributed by atoms with Crippen LogP contribution in [0.1, 0.15) is 31.0 Å². The number of hydrogen-bond acceptors (Lipinski definition) is 5. The predicted molar refractivity (Wildman–Crippen MR) is 91.8 cm³/mol. The summed E-state index contributed by atoms with van der Waals surface area (Å²) in [5.41, 5.74) is 0.915. The molecule has 130 valence electrons. The Bertz CT molecular complexity index is 719. The lowest BCUT2D eigenvalue weighted by Crippen LogP contribution is -2.35. The van der Waals surface area contributed by atoms with Gasteiger partial charge in [0.05, 0.1) is 17.8 Å². The second-order valence-corrected chi connectivity index (χ2v) is 7.88. The number of nitrogens with zero attached hydrogens (tertiary/aromatic N) is 4. The summed E-state index contributed by atoms with van der Waals surface area (Å²) in [6, 6.07) is 0. The lowest BCUT2D eigenvalue weighted by molar-refractivity contribution is -0.129. The normalized spacial score (nSPS) is 18.1. The van der Waals surface area contributed by atoms with Crippen molar-refractivity contribution in [1.82, 2.24) is 24.8 Å². The van der Waals surface area contributed by atoms with Gasteiger partial charge in [0.15, 0.2) is 0 Å². The molecule has 1 atom stereocenters. The first-order valence-electron chi connectivity index (χ1n) is 8.29. The number of aromatic nitrogens is 3. The highest BCUT2D eigenvalue weighted by Crippen LogP contribution is 2.19. The molecule has 3 rings (SSSR count). The number of imidazole rings is 1. The zero-order valence-corrected chi connectivity index (χ0v) is 15.1. The Labute approximate surface area is 145 Å². The van der Waals surface area contributed by atoms with Crippen molar-refractivity contribution in [2.75, 3.05) is 19.6 Å². The van der Waals surface area contributed by atoms with Crippen molar-refractivity contribution < 1.29 is 9.59 Å². The van der Waals surface area contributed by atoms with E-state index in [1.807, 2.05) is 13.1 Å². The maximum absolute atomic E-state index is 12.3. The van der Waals surface area contributed by atoms with Crippen LogP contribution in [0.5, 0.6) is 0 Å². The first-order valence-corrected chi connectivity index (χ1v) is 9.11. The van der Waals surface area contributed by atoms with Gasteiger partial charge >= 0.3 is 0 Å². The number of hydrogen-bond donors (Lipinski definition) is 1. The fraction of sp³-hybridized carbons (Fsp3) is 0.625. The minimum absolute atomic E-state index is 0.0374. The molecule has 2 aromatic rings. The number of amides is 2. The van der Waals surface area contributed by atoms with E-state index < -0.39 is 0 Å². The topological polar surface area (TPSA) is 79.6 Å².